The predicted octanol–water partition coefficient (Wildman–Crippen LogP) is 3.74. The molecule has 0 fully saturated rings. The summed E-state index contributed by atoms with van der Waals surface area (Å²) in [4.78, 5) is 0. The van der Waals surface area contributed by atoms with Gasteiger partial charge in [-0.2, -0.15) is 0 Å². The SMILES string of the molecule is C[Si](C)(C)C#Cc1cscc1Br. The normalized spacial score (nSPS) is 10.7. The second kappa shape index (κ2) is 3.78. The fourth-order valence-corrected chi connectivity index (χ4v) is 2.46. The number of rotatable bonds is 0. The lowest BCUT2D eigenvalue weighted by Crippen LogP contribution is -2.16. The molecule has 0 saturated carbocycles. The molecule has 0 amide bonds. The van der Waals surface area contributed by atoms with Crippen LogP contribution < -0.4 is 0 Å². The van der Waals surface area contributed by atoms with Crippen molar-refractivity contribution in [2.24, 2.45) is 0 Å². The molecule has 0 spiro atoms. The van der Waals surface area contributed by atoms with Gasteiger partial charge in [-0.25, -0.2) is 0 Å². The molecule has 0 aliphatic rings. The van der Waals surface area contributed by atoms with Gasteiger partial charge in [0.25, 0.3) is 0 Å². The number of hydrogen-bond donors (Lipinski definition) is 0. The van der Waals surface area contributed by atoms with Crippen LogP contribution in [0.4, 0.5) is 0 Å². The Bertz CT molecular complexity index is 324. The lowest BCUT2D eigenvalue weighted by Gasteiger charge is -2.02. The highest BCUT2D eigenvalue weighted by Gasteiger charge is 2.07. The van der Waals surface area contributed by atoms with Gasteiger partial charge in [0.1, 0.15) is 8.07 Å². The van der Waals surface area contributed by atoms with Gasteiger partial charge in [0, 0.05) is 20.8 Å². The topological polar surface area (TPSA) is 0 Å². The quantitative estimate of drug-likeness (QED) is 0.492. The maximum Gasteiger partial charge on any atom is 0.129 e. The monoisotopic (exact) mass is 258 g/mol. The Hall–Kier alpha value is -0.0431. The minimum Gasteiger partial charge on any atom is -0.150 e. The van der Waals surface area contributed by atoms with Gasteiger partial charge in [-0.05, 0) is 15.9 Å². The summed E-state index contributed by atoms with van der Waals surface area (Å²) < 4.78 is 1.12. The van der Waals surface area contributed by atoms with Crippen molar-refractivity contribution < 1.29 is 0 Å². The number of halogens is 1. The summed E-state index contributed by atoms with van der Waals surface area (Å²) in [6.45, 7) is 6.75. The Labute approximate surface area is 87.1 Å². The van der Waals surface area contributed by atoms with Gasteiger partial charge >= 0.3 is 0 Å². The van der Waals surface area contributed by atoms with Crippen LogP contribution in [0.3, 0.4) is 0 Å². The van der Waals surface area contributed by atoms with Crippen molar-refractivity contribution in [2.45, 2.75) is 19.6 Å². The predicted molar refractivity (Wildman–Crippen MR) is 62.2 cm³/mol. The fourth-order valence-electron chi connectivity index (χ4n) is 0.626. The molecule has 0 nitrogen and oxygen atoms in total. The zero-order valence-electron chi connectivity index (χ0n) is 7.44. The van der Waals surface area contributed by atoms with Crippen molar-refractivity contribution in [3.63, 3.8) is 0 Å². The third kappa shape index (κ3) is 3.14. The molecule has 0 N–H and O–H groups in total. The maximum absolute atomic E-state index is 3.46. The second-order valence-electron chi connectivity index (χ2n) is 3.63. The van der Waals surface area contributed by atoms with Gasteiger partial charge in [0.2, 0.25) is 0 Å². The molecule has 1 aromatic heterocycles. The molecule has 1 heterocycles. The van der Waals surface area contributed by atoms with E-state index in [2.05, 4.69) is 57.8 Å². The first-order chi connectivity index (χ1) is 5.49. The lowest BCUT2D eigenvalue weighted by molar-refractivity contribution is 1.76. The van der Waals surface area contributed by atoms with E-state index in [1.54, 1.807) is 11.3 Å². The van der Waals surface area contributed by atoms with Crippen LogP contribution in [-0.4, -0.2) is 8.07 Å². The van der Waals surface area contributed by atoms with Gasteiger partial charge in [-0.3, -0.25) is 0 Å². The molecule has 0 atom stereocenters. The Morgan fingerprint density at radius 3 is 2.42 bits per heavy atom. The maximum atomic E-state index is 3.46. The van der Waals surface area contributed by atoms with E-state index in [9.17, 15) is 0 Å². The van der Waals surface area contributed by atoms with Gasteiger partial charge in [0.15, 0.2) is 0 Å². The number of hydrogen-bond acceptors (Lipinski definition) is 1. The van der Waals surface area contributed by atoms with Crippen molar-refractivity contribution in [2.75, 3.05) is 0 Å². The number of thiophene rings is 1. The standard InChI is InChI=1S/C9H11BrSSi/c1-12(2,3)5-4-8-6-11-7-9(8)10/h6-7H,1-3H3. The first-order valence-corrected chi connectivity index (χ1v) is 8.97. The van der Waals surface area contributed by atoms with Crippen LogP contribution in [0.5, 0.6) is 0 Å². The summed E-state index contributed by atoms with van der Waals surface area (Å²) in [6.07, 6.45) is 0. The molecule has 1 aromatic rings. The average Bonchev–Trinajstić information content (AvgIpc) is 2.29. The Morgan fingerprint density at radius 2 is 2.00 bits per heavy atom. The third-order valence-electron chi connectivity index (χ3n) is 1.19. The van der Waals surface area contributed by atoms with E-state index < -0.39 is 8.07 Å². The summed E-state index contributed by atoms with van der Waals surface area (Å²) in [6, 6.07) is 0. The van der Waals surface area contributed by atoms with Crippen LogP contribution >= 0.6 is 27.3 Å². The molecule has 0 aromatic carbocycles. The van der Waals surface area contributed by atoms with Crippen molar-refractivity contribution >= 4 is 35.3 Å². The minimum absolute atomic E-state index is 1.12. The molecule has 0 aliphatic heterocycles. The summed E-state index contributed by atoms with van der Waals surface area (Å²) in [5.74, 6) is 3.21. The molecular formula is C9H11BrSSi. The van der Waals surface area contributed by atoms with Gasteiger partial charge in [-0.1, -0.05) is 25.6 Å². The van der Waals surface area contributed by atoms with E-state index in [0.29, 0.717) is 0 Å². The Balaban J connectivity index is 2.87. The third-order valence-corrected chi connectivity index (χ3v) is 3.76. The first-order valence-electron chi connectivity index (χ1n) is 3.74. The molecule has 0 unspecified atom stereocenters. The molecule has 0 saturated heterocycles. The van der Waals surface area contributed by atoms with E-state index in [1.165, 1.54) is 0 Å². The smallest absolute Gasteiger partial charge is 0.129 e. The van der Waals surface area contributed by atoms with Crippen LogP contribution in [0.2, 0.25) is 19.6 Å². The van der Waals surface area contributed by atoms with Crippen molar-refractivity contribution in [1.29, 1.82) is 0 Å². The van der Waals surface area contributed by atoms with E-state index >= 15 is 0 Å². The summed E-state index contributed by atoms with van der Waals surface area (Å²) in [7, 11) is -1.21. The van der Waals surface area contributed by atoms with Crippen molar-refractivity contribution in [3.8, 4) is 11.5 Å². The second-order valence-corrected chi connectivity index (χ2v) is 9.98. The van der Waals surface area contributed by atoms with Gasteiger partial charge in [-0.15, -0.1) is 16.9 Å². The summed E-state index contributed by atoms with van der Waals surface area (Å²) >= 11 is 5.14. The zero-order chi connectivity index (χ0) is 9.19. The van der Waals surface area contributed by atoms with E-state index in [1.807, 2.05) is 0 Å². The van der Waals surface area contributed by atoms with Crippen molar-refractivity contribution in [1.82, 2.24) is 0 Å². The lowest BCUT2D eigenvalue weighted by atomic mass is 10.4. The minimum atomic E-state index is -1.21. The highest BCUT2D eigenvalue weighted by Crippen LogP contribution is 2.20. The summed E-state index contributed by atoms with van der Waals surface area (Å²) in [5, 5.41) is 4.14. The highest BCUT2D eigenvalue weighted by molar-refractivity contribution is 9.10. The molecule has 0 aliphatic carbocycles. The molecule has 12 heavy (non-hydrogen) atoms. The summed E-state index contributed by atoms with van der Waals surface area (Å²) in [5.41, 5.74) is 4.46. The van der Waals surface area contributed by atoms with Crippen LogP contribution in [0, 0.1) is 11.5 Å². The van der Waals surface area contributed by atoms with Crippen LogP contribution in [0.25, 0.3) is 0 Å². The van der Waals surface area contributed by atoms with Crippen molar-refractivity contribution in [3.05, 3.63) is 20.8 Å². The van der Waals surface area contributed by atoms with E-state index in [0.717, 1.165) is 10.0 Å². The van der Waals surface area contributed by atoms with E-state index in [4.69, 9.17) is 0 Å². The van der Waals surface area contributed by atoms with Crippen LogP contribution in [0.15, 0.2) is 15.2 Å². The first kappa shape index (κ1) is 10.0. The van der Waals surface area contributed by atoms with E-state index in [-0.39, 0.29) is 0 Å². The average molecular weight is 259 g/mol. The molecule has 1 rings (SSSR count). The largest absolute Gasteiger partial charge is 0.150 e. The van der Waals surface area contributed by atoms with Gasteiger partial charge in [0.05, 0.1) is 0 Å². The molecule has 3 heteroatoms. The molecular weight excluding hydrogens is 248 g/mol. The van der Waals surface area contributed by atoms with Crippen LogP contribution in [-0.2, 0) is 0 Å². The molecule has 64 valence electrons. The highest BCUT2D eigenvalue weighted by atomic mass is 79.9. The van der Waals surface area contributed by atoms with Gasteiger partial charge < -0.3 is 0 Å². The fraction of sp³-hybridized carbons (Fsp3) is 0.333. The Morgan fingerprint density at radius 1 is 1.33 bits per heavy atom. The zero-order valence-corrected chi connectivity index (χ0v) is 10.8. The Kier molecular flexibility index (Phi) is 3.16. The molecule has 0 bridgehead atoms. The molecule has 0 radical (unpaired) electrons. The van der Waals surface area contributed by atoms with Crippen LogP contribution in [0.1, 0.15) is 5.56 Å².